The second kappa shape index (κ2) is 9.18. The van der Waals surface area contributed by atoms with E-state index in [1.807, 2.05) is 0 Å². The standard InChI is InChI=1S/C19H37B2O/c1-15(2)14-19(3,4)18(22)20-16-10-7-8-12-17(21(5)6)13-9-11-16/h15-17H,7-14H2,1-6H3. The van der Waals surface area contributed by atoms with Gasteiger partial charge in [0.05, 0.1) is 5.68 Å². The Bertz CT molecular complexity index is 336. The highest BCUT2D eigenvalue weighted by atomic mass is 16.1. The fourth-order valence-corrected chi connectivity index (χ4v) is 4.14. The molecule has 0 heterocycles. The van der Waals surface area contributed by atoms with E-state index in [0.29, 0.717) is 17.4 Å². The second-order valence-corrected chi connectivity index (χ2v) is 8.99. The quantitative estimate of drug-likeness (QED) is 0.554. The minimum Gasteiger partial charge on any atom is -0.311 e. The lowest BCUT2D eigenvalue weighted by Gasteiger charge is -2.27. The molecule has 1 radical (unpaired) electrons. The smallest absolute Gasteiger partial charge is 0.206 e. The third kappa shape index (κ3) is 6.92. The minimum atomic E-state index is -0.187. The van der Waals surface area contributed by atoms with Crippen LogP contribution >= 0.6 is 0 Å². The molecule has 0 aromatic carbocycles. The Morgan fingerprint density at radius 1 is 1.09 bits per heavy atom. The van der Waals surface area contributed by atoms with Gasteiger partial charge in [-0.25, -0.2) is 0 Å². The summed E-state index contributed by atoms with van der Waals surface area (Å²) < 4.78 is 0. The predicted molar refractivity (Wildman–Crippen MR) is 101 cm³/mol. The van der Waals surface area contributed by atoms with E-state index in [1.54, 1.807) is 0 Å². The summed E-state index contributed by atoms with van der Waals surface area (Å²) in [4.78, 5) is 12.7. The van der Waals surface area contributed by atoms with Gasteiger partial charge in [-0.05, 0) is 12.3 Å². The first kappa shape index (κ1) is 19.8. The first-order valence-corrected chi connectivity index (χ1v) is 9.61. The Kier molecular flexibility index (Phi) is 8.28. The van der Waals surface area contributed by atoms with Gasteiger partial charge in [0.1, 0.15) is 6.71 Å². The summed E-state index contributed by atoms with van der Waals surface area (Å²) in [6, 6.07) is 0. The Morgan fingerprint density at radius 3 is 2.23 bits per heavy atom. The van der Waals surface area contributed by atoms with E-state index >= 15 is 0 Å². The Hall–Kier alpha value is -0.200. The molecule has 1 aliphatic carbocycles. The zero-order valence-electron chi connectivity index (χ0n) is 16.0. The number of hydrogen-bond acceptors (Lipinski definition) is 1. The summed E-state index contributed by atoms with van der Waals surface area (Å²) in [7, 11) is 2.10. The van der Waals surface area contributed by atoms with Crippen LogP contribution in [0.1, 0.15) is 79.1 Å². The Labute approximate surface area is 140 Å². The van der Waals surface area contributed by atoms with Crippen molar-refractivity contribution in [3.8, 4) is 0 Å². The van der Waals surface area contributed by atoms with Gasteiger partial charge < -0.3 is 4.79 Å². The predicted octanol–water partition coefficient (Wildman–Crippen LogP) is 5.95. The average Bonchev–Trinajstić information content (AvgIpc) is 2.49. The monoisotopic (exact) mass is 303 g/mol. The van der Waals surface area contributed by atoms with Crippen molar-refractivity contribution in [1.82, 2.24) is 0 Å². The molecule has 1 aliphatic rings. The van der Waals surface area contributed by atoms with Gasteiger partial charge in [0.15, 0.2) is 0 Å². The molecule has 1 saturated carbocycles. The van der Waals surface area contributed by atoms with Gasteiger partial charge in [0.25, 0.3) is 0 Å². The van der Waals surface area contributed by atoms with E-state index in [2.05, 4.69) is 48.6 Å². The zero-order chi connectivity index (χ0) is 16.8. The van der Waals surface area contributed by atoms with Gasteiger partial charge in [0.2, 0.25) is 7.28 Å². The highest BCUT2D eigenvalue weighted by molar-refractivity contribution is 6.75. The van der Waals surface area contributed by atoms with Crippen LogP contribution in [0.4, 0.5) is 0 Å². The molecule has 0 aliphatic heterocycles. The molecule has 2 unspecified atom stereocenters. The van der Waals surface area contributed by atoms with E-state index in [0.717, 1.165) is 19.0 Å². The molecule has 2 atom stereocenters. The second-order valence-electron chi connectivity index (χ2n) is 8.99. The molecule has 1 nitrogen and oxygen atoms in total. The van der Waals surface area contributed by atoms with Crippen LogP contribution in [0.3, 0.4) is 0 Å². The molecular weight excluding hydrogens is 266 g/mol. The van der Waals surface area contributed by atoms with Gasteiger partial charge in [-0.3, -0.25) is 0 Å². The fraction of sp³-hybridized carbons (Fsp3) is 0.947. The lowest BCUT2D eigenvalue weighted by molar-refractivity contribution is -0.120. The fourth-order valence-electron chi connectivity index (χ4n) is 4.14. The molecule has 125 valence electrons. The molecule has 3 heteroatoms. The summed E-state index contributed by atoms with van der Waals surface area (Å²) in [5.74, 6) is 2.00. The number of hydrogen-bond donors (Lipinski definition) is 0. The lowest BCUT2D eigenvalue weighted by Crippen LogP contribution is -2.32. The number of rotatable bonds is 6. The Morgan fingerprint density at radius 2 is 1.64 bits per heavy atom. The van der Waals surface area contributed by atoms with E-state index < -0.39 is 0 Å². The molecular formula is C19H37B2O. The van der Waals surface area contributed by atoms with E-state index in [1.165, 1.54) is 44.9 Å². The van der Waals surface area contributed by atoms with Gasteiger partial charge in [-0.15, -0.1) is 0 Å². The van der Waals surface area contributed by atoms with Crippen LogP contribution < -0.4 is 0 Å². The molecule has 22 heavy (non-hydrogen) atoms. The largest absolute Gasteiger partial charge is 0.311 e. The maximum atomic E-state index is 12.7. The van der Waals surface area contributed by atoms with Crippen molar-refractivity contribution in [3.63, 3.8) is 0 Å². The normalized spacial score (nSPS) is 24.3. The van der Waals surface area contributed by atoms with Crippen molar-refractivity contribution in [3.05, 3.63) is 0 Å². The van der Waals surface area contributed by atoms with Crippen molar-refractivity contribution in [1.29, 1.82) is 0 Å². The molecule has 0 aromatic rings. The molecule has 0 aromatic heterocycles. The zero-order valence-corrected chi connectivity index (χ0v) is 16.0. The van der Waals surface area contributed by atoms with E-state index in [9.17, 15) is 4.79 Å². The van der Waals surface area contributed by atoms with Gasteiger partial charge >= 0.3 is 0 Å². The third-order valence-corrected chi connectivity index (χ3v) is 5.47. The van der Waals surface area contributed by atoms with Crippen molar-refractivity contribution < 1.29 is 4.79 Å². The van der Waals surface area contributed by atoms with Crippen LogP contribution in [-0.4, -0.2) is 19.7 Å². The molecule has 0 spiro atoms. The molecule has 0 amide bonds. The lowest BCUT2D eigenvalue weighted by atomic mass is 9.43. The summed E-state index contributed by atoms with van der Waals surface area (Å²) in [6.07, 6.45) is 10.1. The summed E-state index contributed by atoms with van der Waals surface area (Å²) in [5.41, 5.74) is 0.193. The molecule has 0 saturated heterocycles. The van der Waals surface area contributed by atoms with Crippen molar-refractivity contribution in [2.75, 3.05) is 0 Å². The summed E-state index contributed by atoms with van der Waals surface area (Å²) in [5, 5.41) is 0. The number of carbonyl (C=O) groups excluding carboxylic acids is 1. The molecule has 0 bridgehead atoms. The summed E-state index contributed by atoms with van der Waals surface area (Å²) >= 11 is 0. The molecule has 1 fully saturated rings. The molecule has 0 N–H and O–H groups in total. The van der Waals surface area contributed by atoms with Crippen LogP contribution in [0.2, 0.25) is 25.3 Å². The maximum absolute atomic E-state index is 12.7. The first-order chi connectivity index (χ1) is 10.2. The van der Waals surface area contributed by atoms with Crippen molar-refractivity contribution in [2.45, 2.75) is 104 Å². The van der Waals surface area contributed by atoms with Crippen LogP contribution in [0.5, 0.6) is 0 Å². The van der Waals surface area contributed by atoms with E-state index in [-0.39, 0.29) is 5.41 Å². The minimum absolute atomic E-state index is 0.187. The maximum Gasteiger partial charge on any atom is 0.206 e. The van der Waals surface area contributed by atoms with Crippen molar-refractivity contribution in [2.24, 2.45) is 11.3 Å². The topological polar surface area (TPSA) is 17.1 Å². The van der Waals surface area contributed by atoms with Gasteiger partial charge in [-0.1, -0.05) is 97.9 Å². The van der Waals surface area contributed by atoms with Crippen LogP contribution in [0.25, 0.3) is 0 Å². The van der Waals surface area contributed by atoms with Crippen LogP contribution in [0, 0.1) is 11.3 Å². The third-order valence-electron chi connectivity index (χ3n) is 5.47. The highest BCUT2D eigenvalue weighted by Gasteiger charge is 2.31. The van der Waals surface area contributed by atoms with Gasteiger partial charge in [0, 0.05) is 5.41 Å². The first-order valence-electron chi connectivity index (χ1n) is 9.61. The SMILES string of the molecule is CB(C)C1CCCCC([B]C(=O)C(C)(C)CC(C)C)CCC1. The average molecular weight is 303 g/mol. The van der Waals surface area contributed by atoms with E-state index in [4.69, 9.17) is 0 Å². The number of carbonyl (C=O) groups is 1. The Balaban J connectivity index is 2.52. The van der Waals surface area contributed by atoms with Crippen LogP contribution in [0.15, 0.2) is 0 Å². The summed E-state index contributed by atoms with van der Waals surface area (Å²) in [6.45, 7) is 14.2. The van der Waals surface area contributed by atoms with Crippen molar-refractivity contribution >= 4 is 19.7 Å². The van der Waals surface area contributed by atoms with Gasteiger partial charge in [-0.2, -0.15) is 0 Å². The molecule has 1 rings (SSSR count). The van der Waals surface area contributed by atoms with Crippen LogP contribution in [-0.2, 0) is 4.79 Å². The highest BCUT2D eigenvalue weighted by Crippen LogP contribution is 2.34.